The zero-order valence-electron chi connectivity index (χ0n) is 25.4. The molecule has 1 N–H and O–H groups in total. The summed E-state index contributed by atoms with van der Waals surface area (Å²) < 4.78 is 37.7. The number of rotatable bonds is 12. The smallest absolute Gasteiger partial charge is 0.244 e. The van der Waals surface area contributed by atoms with E-state index in [2.05, 4.69) is 5.32 Å². The number of nitrogens with zero attached hydrogens (tertiary/aromatic N) is 2. The molecule has 0 radical (unpaired) electrons. The van der Waals surface area contributed by atoms with Gasteiger partial charge in [-0.25, -0.2) is 8.42 Å². The molecule has 0 bridgehead atoms. The van der Waals surface area contributed by atoms with Crippen LogP contribution >= 0.6 is 0 Å². The lowest BCUT2D eigenvalue weighted by Gasteiger charge is -2.35. The highest BCUT2D eigenvalue weighted by Gasteiger charge is 2.34. The molecule has 0 fully saturated rings. The summed E-state index contributed by atoms with van der Waals surface area (Å²) in [5.74, 6) is -0.116. The van der Waals surface area contributed by atoms with Crippen molar-refractivity contribution in [1.82, 2.24) is 10.2 Å². The quantitative estimate of drug-likeness (QED) is 0.334. The highest BCUT2D eigenvalue weighted by atomic mass is 32.2. The van der Waals surface area contributed by atoms with Crippen molar-refractivity contribution in [1.29, 1.82) is 0 Å². The molecule has 0 aliphatic rings. The van der Waals surface area contributed by atoms with Gasteiger partial charge in [0.1, 0.15) is 12.6 Å². The maximum Gasteiger partial charge on any atom is 0.244 e. The van der Waals surface area contributed by atoms with E-state index in [-0.39, 0.29) is 24.6 Å². The molecule has 0 aliphatic carbocycles. The van der Waals surface area contributed by atoms with Gasteiger partial charge in [0.25, 0.3) is 0 Å². The Hall–Kier alpha value is -4.05. The molecule has 1 atom stereocenters. The number of hydrogen-bond donors (Lipinski definition) is 1. The Morgan fingerprint density at radius 2 is 1.52 bits per heavy atom. The lowest BCUT2D eigenvalue weighted by molar-refractivity contribution is -0.140. The van der Waals surface area contributed by atoms with E-state index in [1.807, 2.05) is 82.3 Å². The van der Waals surface area contributed by atoms with E-state index >= 15 is 0 Å². The molecule has 226 valence electrons. The number of anilines is 1. The van der Waals surface area contributed by atoms with Crippen LogP contribution in [0.3, 0.4) is 0 Å². The van der Waals surface area contributed by atoms with E-state index in [1.165, 1.54) is 25.2 Å². The first kappa shape index (κ1) is 32.5. The lowest BCUT2D eigenvalue weighted by atomic mass is 10.0. The highest BCUT2D eigenvalue weighted by Crippen LogP contribution is 2.32. The fourth-order valence-electron chi connectivity index (χ4n) is 4.61. The number of nitrogens with one attached hydrogen (secondary N) is 1. The predicted octanol–water partition coefficient (Wildman–Crippen LogP) is 4.33. The lowest BCUT2D eigenvalue weighted by Crippen LogP contribution is -2.56. The Bertz CT molecular complexity index is 1490. The number of amides is 2. The summed E-state index contributed by atoms with van der Waals surface area (Å²) in [6, 6.07) is 20.8. The van der Waals surface area contributed by atoms with Crippen LogP contribution < -0.4 is 19.1 Å². The van der Waals surface area contributed by atoms with Crippen LogP contribution in [0.4, 0.5) is 5.69 Å². The number of sulfonamides is 1. The molecule has 1 unspecified atom stereocenters. The van der Waals surface area contributed by atoms with Crippen LogP contribution in [0.1, 0.15) is 37.5 Å². The van der Waals surface area contributed by atoms with Crippen LogP contribution in [0.2, 0.25) is 0 Å². The van der Waals surface area contributed by atoms with Crippen molar-refractivity contribution in [2.24, 2.45) is 0 Å². The molecule has 0 aliphatic heterocycles. The molecule has 0 aromatic heterocycles. The second-order valence-corrected chi connectivity index (χ2v) is 13.2. The van der Waals surface area contributed by atoms with E-state index in [0.29, 0.717) is 11.5 Å². The van der Waals surface area contributed by atoms with Crippen LogP contribution in [-0.4, -0.2) is 63.7 Å². The zero-order chi connectivity index (χ0) is 31.1. The van der Waals surface area contributed by atoms with Gasteiger partial charge in [0.05, 0.1) is 26.2 Å². The third kappa shape index (κ3) is 8.97. The minimum atomic E-state index is -3.92. The molecular weight excluding hydrogens is 554 g/mol. The van der Waals surface area contributed by atoms with Gasteiger partial charge in [0.2, 0.25) is 21.8 Å². The SMILES string of the molecule is COc1ccc(N(CC(=O)N(Cc2cccc(C)c2)C(Cc2ccccc2)C(=O)NC(C)(C)C)S(C)(=O)=O)cc1OC. The van der Waals surface area contributed by atoms with Crippen molar-refractivity contribution < 1.29 is 27.5 Å². The number of ether oxygens (including phenoxy) is 2. The van der Waals surface area contributed by atoms with Gasteiger partial charge >= 0.3 is 0 Å². The summed E-state index contributed by atoms with van der Waals surface area (Å²) in [5, 5.41) is 3.02. The maximum atomic E-state index is 14.2. The number of methoxy groups -OCH3 is 2. The first-order chi connectivity index (χ1) is 19.7. The predicted molar refractivity (Wildman–Crippen MR) is 165 cm³/mol. The van der Waals surface area contributed by atoms with Crippen molar-refractivity contribution in [3.05, 3.63) is 89.5 Å². The molecule has 0 saturated carbocycles. The second kappa shape index (κ2) is 13.7. The van der Waals surface area contributed by atoms with Crippen molar-refractivity contribution in [2.45, 2.75) is 52.2 Å². The van der Waals surface area contributed by atoms with Crippen LogP contribution in [-0.2, 0) is 32.6 Å². The molecule has 3 rings (SSSR count). The van der Waals surface area contributed by atoms with Gasteiger partial charge in [-0.3, -0.25) is 13.9 Å². The van der Waals surface area contributed by atoms with Crippen molar-refractivity contribution in [3.8, 4) is 11.5 Å². The largest absolute Gasteiger partial charge is 0.493 e. The monoisotopic (exact) mass is 595 g/mol. The van der Waals surface area contributed by atoms with E-state index in [4.69, 9.17) is 9.47 Å². The van der Waals surface area contributed by atoms with Crippen LogP contribution in [0.15, 0.2) is 72.8 Å². The summed E-state index contributed by atoms with van der Waals surface area (Å²) in [6.07, 6.45) is 1.28. The summed E-state index contributed by atoms with van der Waals surface area (Å²) in [5.41, 5.74) is 2.37. The number of hydrogen-bond acceptors (Lipinski definition) is 6. The molecule has 0 spiro atoms. The molecule has 0 saturated heterocycles. The topological polar surface area (TPSA) is 105 Å². The molecule has 42 heavy (non-hydrogen) atoms. The Kier molecular flexibility index (Phi) is 10.6. The van der Waals surface area contributed by atoms with Gasteiger partial charge in [-0.2, -0.15) is 0 Å². The average molecular weight is 596 g/mol. The molecule has 10 heteroatoms. The minimum absolute atomic E-state index is 0.110. The van der Waals surface area contributed by atoms with Gasteiger partial charge < -0.3 is 19.7 Å². The number of benzene rings is 3. The van der Waals surface area contributed by atoms with Gasteiger partial charge in [-0.15, -0.1) is 0 Å². The number of carbonyl (C=O) groups is 2. The Morgan fingerprint density at radius 3 is 2.10 bits per heavy atom. The third-order valence-electron chi connectivity index (χ3n) is 6.54. The third-order valence-corrected chi connectivity index (χ3v) is 7.68. The van der Waals surface area contributed by atoms with Crippen LogP contribution in [0, 0.1) is 6.92 Å². The van der Waals surface area contributed by atoms with Crippen LogP contribution in [0.25, 0.3) is 0 Å². The van der Waals surface area contributed by atoms with E-state index in [0.717, 1.165) is 27.3 Å². The molecule has 2 amide bonds. The van der Waals surface area contributed by atoms with Crippen molar-refractivity contribution in [3.63, 3.8) is 0 Å². The molecule has 3 aromatic carbocycles. The van der Waals surface area contributed by atoms with Gasteiger partial charge in [-0.05, 0) is 51.0 Å². The van der Waals surface area contributed by atoms with E-state index in [9.17, 15) is 18.0 Å². The zero-order valence-corrected chi connectivity index (χ0v) is 26.2. The molecular formula is C32H41N3O6S. The highest BCUT2D eigenvalue weighted by molar-refractivity contribution is 7.92. The molecule has 3 aromatic rings. The standard InChI is InChI=1S/C32H41N3O6S/c1-23-12-11-15-25(18-23)21-34(27(31(37)33-32(2,3)4)19-24-13-9-8-10-14-24)30(36)22-35(42(7,38)39)26-16-17-28(40-5)29(20-26)41-6/h8-18,20,27H,19,21-22H2,1-7H3,(H,33,37). The van der Waals surface area contributed by atoms with Gasteiger partial charge in [0, 0.05) is 24.6 Å². The first-order valence-corrected chi connectivity index (χ1v) is 15.5. The number of aryl methyl sites for hydroxylation is 1. The summed E-state index contributed by atoms with van der Waals surface area (Å²) in [6.45, 7) is 7.16. The fourth-order valence-corrected chi connectivity index (χ4v) is 5.45. The number of carbonyl (C=O) groups excluding carboxylic acids is 2. The average Bonchev–Trinajstić information content (AvgIpc) is 2.92. The molecule has 9 nitrogen and oxygen atoms in total. The summed E-state index contributed by atoms with van der Waals surface area (Å²) in [4.78, 5) is 29.5. The minimum Gasteiger partial charge on any atom is -0.493 e. The second-order valence-electron chi connectivity index (χ2n) is 11.3. The first-order valence-electron chi connectivity index (χ1n) is 13.6. The van der Waals surface area contributed by atoms with Crippen molar-refractivity contribution >= 4 is 27.5 Å². The Labute approximate surface area is 249 Å². The fraction of sp³-hybridized carbons (Fsp3) is 0.375. The maximum absolute atomic E-state index is 14.2. The normalized spacial score (nSPS) is 12.3. The summed E-state index contributed by atoms with van der Waals surface area (Å²) >= 11 is 0. The van der Waals surface area contributed by atoms with E-state index in [1.54, 1.807) is 12.1 Å². The van der Waals surface area contributed by atoms with E-state index < -0.39 is 34.1 Å². The van der Waals surface area contributed by atoms with Gasteiger partial charge in [0.15, 0.2) is 11.5 Å². The van der Waals surface area contributed by atoms with Gasteiger partial charge in [-0.1, -0.05) is 60.2 Å². The molecule has 0 heterocycles. The van der Waals surface area contributed by atoms with Crippen molar-refractivity contribution in [2.75, 3.05) is 31.3 Å². The Morgan fingerprint density at radius 1 is 0.881 bits per heavy atom. The summed E-state index contributed by atoms with van der Waals surface area (Å²) in [7, 11) is -0.988. The Balaban J connectivity index is 2.10. The van der Waals surface area contributed by atoms with Crippen LogP contribution in [0.5, 0.6) is 11.5 Å².